The fourth-order valence-electron chi connectivity index (χ4n) is 1.37. The van der Waals surface area contributed by atoms with E-state index in [2.05, 4.69) is 0 Å². The van der Waals surface area contributed by atoms with Crippen LogP contribution in [0.2, 0.25) is 0 Å². The highest BCUT2D eigenvalue weighted by molar-refractivity contribution is 6.30. The summed E-state index contributed by atoms with van der Waals surface area (Å²) in [6.45, 7) is 0.757. The van der Waals surface area contributed by atoms with Gasteiger partial charge >= 0.3 is 0 Å². The van der Waals surface area contributed by atoms with E-state index in [1.807, 2.05) is 0 Å². The van der Waals surface area contributed by atoms with E-state index >= 15 is 0 Å². The molecule has 0 aromatic heterocycles. The molecule has 0 radical (unpaired) electrons. The zero-order valence-corrected chi connectivity index (χ0v) is 7.41. The molecule has 3 heteroatoms. The van der Waals surface area contributed by atoms with Crippen molar-refractivity contribution in [1.82, 2.24) is 0 Å². The van der Waals surface area contributed by atoms with E-state index in [1.54, 1.807) is 0 Å². The second-order valence-electron chi connectivity index (χ2n) is 2.95. The van der Waals surface area contributed by atoms with Gasteiger partial charge in [-0.05, 0) is 31.7 Å². The lowest BCUT2D eigenvalue weighted by Crippen LogP contribution is -2.29. The Morgan fingerprint density at radius 2 is 1.90 bits per heavy atom. The molecule has 10 heavy (non-hydrogen) atoms. The first-order valence-electron chi connectivity index (χ1n) is 3.72. The summed E-state index contributed by atoms with van der Waals surface area (Å²) >= 11 is 11.9. The van der Waals surface area contributed by atoms with Gasteiger partial charge in [-0.3, -0.25) is 0 Å². The zero-order chi connectivity index (χ0) is 7.56. The fraction of sp³-hybridized carbons (Fsp3) is 1.00. The van der Waals surface area contributed by atoms with Crippen molar-refractivity contribution in [3.63, 3.8) is 0 Å². The van der Waals surface area contributed by atoms with Crippen molar-refractivity contribution in [2.45, 2.75) is 30.0 Å². The molecule has 0 bridgehead atoms. The molecule has 1 nitrogen and oxygen atoms in total. The first-order valence-corrected chi connectivity index (χ1v) is 4.59. The minimum Gasteiger partial charge on any atom is -0.330 e. The summed E-state index contributed by atoms with van der Waals surface area (Å²) in [6, 6.07) is 0. The van der Waals surface area contributed by atoms with E-state index in [4.69, 9.17) is 28.9 Å². The van der Waals surface area contributed by atoms with Crippen LogP contribution in [0.1, 0.15) is 19.3 Å². The molecule has 0 spiro atoms. The van der Waals surface area contributed by atoms with Crippen molar-refractivity contribution in [1.29, 1.82) is 0 Å². The summed E-state index contributed by atoms with van der Waals surface area (Å²) in [5, 5.41) is 0.313. The summed E-state index contributed by atoms with van der Waals surface area (Å²) in [5.74, 6) is 0.609. The van der Waals surface area contributed by atoms with Gasteiger partial charge in [-0.1, -0.05) is 0 Å². The number of hydrogen-bond donors (Lipinski definition) is 1. The van der Waals surface area contributed by atoms with Gasteiger partial charge in [-0.15, -0.1) is 23.2 Å². The van der Waals surface area contributed by atoms with E-state index < -0.39 is 0 Å². The molecular formula is C7H13Cl2N. The Morgan fingerprint density at radius 1 is 1.20 bits per heavy atom. The molecule has 0 aromatic carbocycles. The van der Waals surface area contributed by atoms with E-state index in [0.29, 0.717) is 5.92 Å². The van der Waals surface area contributed by atoms with E-state index in [0.717, 1.165) is 25.8 Å². The molecular weight excluding hydrogens is 169 g/mol. The molecule has 3 unspecified atom stereocenters. The average Bonchev–Trinajstić information content (AvgIpc) is 1.95. The standard InChI is InChI=1S/C7H13Cl2N/c8-6-2-1-5(4-10)3-7(6)9/h5-7H,1-4,10H2. The maximum atomic E-state index is 5.95. The molecule has 1 aliphatic carbocycles. The van der Waals surface area contributed by atoms with Gasteiger partial charge in [-0.2, -0.15) is 0 Å². The van der Waals surface area contributed by atoms with E-state index in [-0.39, 0.29) is 10.8 Å². The van der Waals surface area contributed by atoms with Crippen molar-refractivity contribution in [3.05, 3.63) is 0 Å². The lowest BCUT2D eigenvalue weighted by molar-refractivity contribution is 0.375. The molecule has 1 aliphatic rings. The van der Waals surface area contributed by atoms with Crippen LogP contribution in [0.4, 0.5) is 0 Å². The normalized spacial score (nSPS) is 41.7. The largest absolute Gasteiger partial charge is 0.330 e. The van der Waals surface area contributed by atoms with Crippen molar-refractivity contribution >= 4 is 23.2 Å². The lowest BCUT2D eigenvalue weighted by atomic mass is 9.89. The van der Waals surface area contributed by atoms with E-state index in [1.165, 1.54) is 0 Å². The van der Waals surface area contributed by atoms with Crippen molar-refractivity contribution in [2.75, 3.05) is 6.54 Å². The third kappa shape index (κ3) is 2.01. The lowest BCUT2D eigenvalue weighted by Gasteiger charge is -2.27. The van der Waals surface area contributed by atoms with Gasteiger partial charge in [0.2, 0.25) is 0 Å². The SMILES string of the molecule is NCC1CCC(Cl)C(Cl)C1. The van der Waals surface area contributed by atoms with Gasteiger partial charge in [0.25, 0.3) is 0 Å². The predicted octanol–water partition coefficient (Wildman–Crippen LogP) is 1.96. The highest BCUT2D eigenvalue weighted by Gasteiger charge is 2.26. The third-order valence-corrected chi connectivity index (χ3v) is 3.27. The number of nitrogens with two attached hydrogens (primary N) is 1. The molecule has 2 N–H and O–H groups in total. The van der Waals surface area contributed by atoms with Gasteiger partial charge in [0.15, 0.2) is 0 Å². The zero-order valence-electron chi connectivity index (χ0n) is 5.89. The second-order valence-corrected chi connectivity index (χ2v) is 4.07. The quantitative estimate of drug-likeness (QED) is 0.616. The predicted molar refractivity (Wildman–Crippen MR) is 45.7 cm³/mol. The molecule has 0 aliphatic heterocycles. The molecule has 3 atom stereocenters. The van der Waals surface area contributed by atoms with Crippen molar-refractivity contribution in [2.24, 2.45) is 11.7 Å². The Hall–Kier alpha value is 0.540. The fourth-order valence-corrected chi connectivity index (χ4v) is 1.98. The molecule has 0 heterocycles. The summed E-state index contributed by atoms with van der Waals surface area (Å²) < 4.78 is 0. The van der Waals surface area contributed by atoms with Crippen LogP contribution in [-0.4, -0.2) is 17.3 Å². The summed E-state index contributed by atoms with van der Waals surface area (Å²) in [7, 11) is 0. The van der Waals surface area contributed by atoms with Gasteiger partial charge < -0.3 is 5.73 Å². The topological polar surface area (TPSA) is 26.0 Å². The van der Waals surface area contributed by atoms with Gasteiger partial charge in [0.05, 0.1) is 5.38 Å². The monoisotopic (exact) mass is 181 g/mol. The maximum absolute atomic E-state index is 5.95. The van der Waals surface area contributed by atoms with E-state index in [9.17, 15) is 0 Å². The summed E-state index contributed by atoms with van der Waals surface area (Å²) in [6.07, 6.45) is 3.16. The number of hydrogen-bond acceptors (Lipinski definition) is 1. The molecule has 0 amide bonds. The molecule has 1 rings (SSSR count). The molecule has 0 saturated heterocycles. The van der Waals surface area contributed by atoms with Crippen molar-refractivity contribution < 1.29 is 0 Å². The van der Waals surface area contributed by atoms with Crippen LogP contribution in [0.15, 0.2) is 0 Å². The summed E-state index contributed by atoms with van der Waals surface area (Å²) in [4.78, 5) is 0. The number of rotatable bonds is 1. The highest BCUT2D eigenvalue weighted by atomic mass is 35.5. The van der Waals surface area contributed by atoms with Crippen molar-refractivity contribution in [3.8, 4) is 0 Å². The average molecular weight is 182 g/mol. The van der Waals surface area contributed by atoms with Gasteiger partial charge in [-0.25, -0.2) is 0 Å². The Kier molecular flexibility index (Phi) is 3.28. The minimum absolute atomic E-state index is 0.143. The van der Waals surface area contributed by atoms with Crippen LogP contribution in [0.25, 0.3) is 0 Å². The number of halogens is 2. The van der Waals surface area contributed by atoms with Crippen LogP contribution in [-0.2, 0) is 0 Å². The molecule has 60 valence electrons. The maximum Gasteiger partial charge on any atom is 0.0502 e. The van der Waals surface area contributed by atoms with Gasteiger partial charge in [0.1, 0.15) is 0 Å². The van der Waals surface area contributed by atoms with Gasteiger partial charge in [0, 0.05) is 5.38 Å². The number of alkyl halides is 2. The first-order chi connectivity index (χ1) is 4.74. The Labute approximate surface area is 71.9 Å². The molecule has 0 aromatic rings. The minimum atomic E-state index is 0.143. The van der Waals surface area contributed by atoms with Crippen LogP contribution in [0, 0.1) is 5.92 Å². The third-order valence-electron chi connectivity index (χ3n) is 2.13. The molecule has 1 saturated carbocycles. The van der Waals surface area contributed by atoms with Crippen LogP contribution < -0.4 is 5.73 Å². The van der Waals surface area contributed by atoms with Crippen LogP contribution in [0.3, 0.4) is 0 Å². The first kappa shape index (κ1) is 8.63. The summed E-state index contributed by atoms with van der Waals surface area (Å²) in [5.41, 5.74) is 5.51. The van der Waals surface area contributed by atoms with Crippen LogP contribution >= 0.6 is 23.2 Å². The smallest absolute Gasteiger partial charge is 0.0502 e. The Balaban J connectivity index is 2.33. The Morgan fingerprint density at radius 3 is 2.40 bits per heavy atom. The van der Waals surface area contributed by atoms with Crippen LogP contribution in [0.5, 0.6) is 0 Å². The highest BCUT2D eigenvalue weighted by Crippen LogP contribution is 2.30. The Bertz CT molecular complexity index is 108. The second kappa shape index (κ2) is 3.80. The molecule has 1 fully saturated rings.